The van der Waals surface area contributed by atoms with E-state index in [1.165, 1.54) is 0 Å². The molecule has 2 fully saturated rings. The average molecular weight is 257 g/mol. The van der Waals surface area contributed by atoms with E-state index in [9.17, 15) is 9.90 Å². The van der Waals surface area contributed by atoms with Crippen molar-refractivity contribution in [3.8, 4) is 0 Å². The Hall–Kier alpha value is -0.850. The zero-order chi connectivity index (χ0) is 13.1. The van der Waals surface area contributed by atoms with Gasteiger partial charge in [-0.3, -0.25) is 0 Å². The third-order valence-corrected chi connectivity index (χ3v) is 3.49. The number of likely N-dealkylation sites (tertiary alicyclic amines) is 1. The van der Waals surface area contributed by atoms with Gasteiger partial charge in [-0.1, -0.05) is 0 Å². The molecule has 2 aliphatic heterocycles. The van der Waals surface area contributed by atoms with Crippen LogP contribution in [0, 0.1) is 0 Å². The van der Waals surface area contributed by atoms with Crippen molar-refractivity contribution >= 4 is 6.03 Å². The zero-order valence-corrected chi connectivity index (χ0v) is 11.1. The number of carbonyl (C=O) groups is 1. The normalized spacial score (nSPS) is 32.2. The van der Waals surface area contributed by atoms with E-state index in [1.807, 2.05) is 19.0 Å². The largest absolute Gasteiger partial charge is 0.391 e. The summed E-state index contributed by atoms with van der Waals surface area (Å²) in [5.41, 5.74) is 0. The molecule has 2 saturated heterocycles. The fourth-order valence-electron chi connectivity index (χ4n) is 2.64. The number of urea groups is 1. The van der Waals surface area contributed by atoms with Gasteiger partial charge in [0.05, 0.1) is 18.8 Å². The van der Waals surface area contributed by atoms with Crippen LogP contribution in [0.3, 0.4) is 0 Å². The molecule has 2 N–H and O–H groups in total. The van der Waals surface area contributed by atoms with Crippen LogP contribution in [0.5, 0.6) is 0 Å². The molecular formula is C12H23N3O3. The van der Waals surface area contributed by atoms with Crippen LogP contribution in [0.1, 0.15) is 12.8 Å². The van der Waals surface area contributed by atoms with Gasteiger partial charge in [0.15, 0.2) is 0 Å². The molecule has 18 heavy (non-hydrogen) atoms. The second kappa shape index (κ2) is 5.86. The van der Waals surface area contributed by atoms with Crippen LogP contribution in [-0.2, 0) is 4.74 Å². The highest BCUT2D eigenvalue weighted by atomic mass is 16.5. The van der Waals surface area contributed by atoms with Crippen LogP contribution < -0.4 is 5.32 Å². The molecule has 0 radical (unpaired) electrons. The van der Waals surface area contributed by atoms with Crippen molar-refractivity contribution in [1.82, 2.24) is 15.1 Å². The fraction of sp³-hybridized carbons (Fsp3) is 0.917. The lowest BCUT2D eigenvalue weighted by molar-refractivity contribution is 0.160. The first-order chi connectivity index (χ1) is 8.56. The molecule has 0 aromatic carbocycles. The molecule has 3 unspecified atom stereocenters. The standard InChI is InChI=1S/C12H23N3O3/c1-14(2)6-10-5-11(16)7-15(10)12(17)13-9-3-4-18-8-9/h9-11,16H,3-8H2,1-2H3,(H,13,17). The number of hydrogen-bond acceptors (Lipinski definition) is 4. The lowest BCUT2D eigenvalue weighted by atomic mass is 10.2. The number of ether oxygens (including phenoxy) is 1. The first-order valence-electron chi connectivity index (χ1n) is 6.54. The minimum atomic E-state index is -0.402. The summed E-state index contributed by atoms with van der Waals surface area (Å²) in [6, 6.07) is 0.140. The zero-order valence-electron chi connectivity index (χ0n) is 11.1. The minimum absolute atomic E-state index is 0.0751. The second-order valence-corrected chi connectivity index (χ2v) is 5.47. The Morgan fingerprint density at radius 3 is 2.94 bits per heavy atom. The Labute approximate surface area is 108 Å². The van der Waals surface area contributed by atoms with Gasteiger partial charge in [0.25, 0.3) is 0 Å². The highest BCUT2D eigenvalue weighted by molar-refractivity contribution is 5.75. The van der Waals surface area contributed by atoms with Crippen molar-refractivity contribution in [3.63, 3.8) is 0 Å². The number of hydrogen-bond donors (Lipinski definition) is 2. The Kier molecular flexibility index (Phi) is 4.42. The third kappa shape index (κ3) is 3.34. The van der Waals surface area contributed by atoms with E-state index in [2.05, 4.69) is 5.32 Å². The van der Waals surface area contributed by atoms with Crippen molar-refractivity contribution in [2.24, 2.45) is 0 Å². The molecule has 0 aromatic heterocycles. The summed E-state index contributed by atoms with van der Waals surface area (Å²) in [5, 5.41) is 12.7. The molecular weight excluding hydrogens is 234 g/mol. The first kappa shape index (κ1) is 13.6. The predicted octanol–water partition coefficient (Wildman–Crippen LogP) is -0.518. The van der Waals surface area contributed by atoms with E-state index in [0.29, 0.717) is 26.2 Å². The van der Waals surface area contributed by atoms with Gasteiger partial charge in [-0.2, -0.15) is 0 Å². The smallest absolute Gasteiger partial charge is 0.318 e. The minimum Gasteiger partial charge on any atom is -0.391 e. The maximum Gasteiger partial charge on any atom is 0.318 e. The molecule has 6 heteroatoms. The highest BCUT2D eigenvalue weighted by Crippen LogP contribution is 2.19. The number of rotatable bonds is 3. The van der Waals surface area contributed by atoms with E-state index in [4.69, 9.17) is 4.74 Å². The monoisotopic (exact) mass is 257 g/mol. The quantitative estimate of drug-likeness (QED) is 0.714. The first-order valence-corrected chi connectivity index (χ1v) is 6.54. The van der Waals surface area contributed by atoms with Gasteiger partial charge in [-0.25, -0.2) is 4.79 Å². The maximum atomic E-state index is 12.2. The van der Waals surface area contributed by atoms with Crippen molar-refractivity contribution in [2.75, 3.05) is 40.4 Å². The van der Waals surface area contributed by atoms with Gasteiger partial charge in [0.1, 0.15) is 0 Å². The van der Waals surface area contributed by atoms with Crippen LogP contribution in [-0.4, -0.2) is 79.5 Å². The van der Waals surface area contributed by atoms with Crippen molar-refractivity contribution < 1.29 is 14.6 Å². The number of carbonyl (C=O) groups excluding carboxylic acids is 1. The van der Waals surface area contributed by atoms with E-state index in [0.717, 1.165) is 13.0 Å². The highest BCUT2D eigenvalue weighted by Gasteiger charge is 2.35. The SMILES string of the molecule is CN(C)CC1CC(O)CN1C(=O)NC1CCOC1. The van der Waals surface area contributed by atoms with Crippen LogP contribution in [0.4, 0.5) is 4.79 Å². The average Bonchev–Trinajstić information content (AvgIpc) is 2.87. The number of aliphatic hydroxyl groups excluding tert-OH is 1. The second-order valence-electron chi connectivity index (χ2n) is 5.47. The maximum absolute atomic E-state index is 12.2. The summed E-state index contributed by atoms with van der Waals surface area (Å²) < 4.78 is 5.24. The Morgan fingerprint density at radius 2 is 2.33 bits per heavy atom. The van der Waals surface area contributed by atoms with Crippen molar-refractivity contribution in [1.29, 1.82) is 0 Å². The molecule has 0 saturated carbocycles. The molecule has 0 aliphatic carbocycles. The summed E-state index contributed by atoms with van der Waals surface area (Å²) in [5.74, 6) is 0. The predicted molar refractivity (Wildman–Crippen MR) is 67.4 cm³/mol. The summed E-state index contributed by atoms with van der Waals surface area (Å²) in [6.07, 6.45) is 1.13. The Bertz CT molecular complexity index is 292. The van der Waals surface area contributed by atoms with Gasteiger partial charge in [-0.15, -0.1) is 0 Å². The number of aliphatic hydroxyl groups is 1. The van der Waals surface area contributed by atoms with E-state index >= 15 is 0 Å². The fourth-order valence-corrected chi connectivity index (χ4v) is 2.64. The Balaban J connectivity index is 1.89. The van der Waals surface area contributed by atoms with E-state index < -0.39 is 6.10 Å². The molecule has 6 nitrogen and oxygen atoms in total. The molecule has 0 spiro atoms. The van der Waals surface area contributed by atoms with Gasteiger partial charge in [0, 0.05) is 25.7 Å². The summed E-state index contributed by atoms with van der Waals surface area (Å²) >= 11 is 0. The van der Waals surface area contributed by atoms with Crippen LogP contribution in [0.2, 0.25) is 0 Å². The van der Waals surface area contributed by atoms with Crippen molar-refractivity contribution in [2.45, 2.75) is 31.0 Å². The number of likely N-dealkylation sites (N-methyl/N-ethyl adjacent to an activating group) is 1. The number of amides is 2. The number of nitrogens with zero attached hydrogens (tertiary/aromatic N) is 2. The summed E-state index contributed by atoms with van der Waals surface area (Å²) in [4.78, 5) is 16.0. The third-order valence-electron chi connectivity index (χ3n) is 3.49. The summed E-state index contributed by atoms with van der Waals surface area (Å²) in [7, 11) is 3.96. The van der Waals surface area contributed by atoms with Crippen LogP contribution >= 0.6 is 0 Å². The molecule has 3 atom stereocenters. The van der Waals surface area contributed by atoms with Crippen LogP contribution in [0.25, 0.3) is 0 Å². The Morgan fingerprint density at radius 1 is 1.56 bits per heavy atom. The summed E-state index contributed by atoms with van der Waals surface area (Å²) in [6.45, 7) is 2.53. The van der Waals surface area contributed by atoms with Crippen LogP contribution in [0.15, 0.2) is 0 Å². The molecule has 2 heterocycles. The molecule has 0 bridgehead atoms. The number of nitrogens with one attached hydrogen (secondary N) is 1. The van der Waals surface area contributed by atoms with E-state index in [1.54, 1.807) is 4.90 Å². The van der Waals surface area contributed by atoms with Gasteiger partial charge < -0.3 is 25.0 Å². The molecule has 2 rings (SSSR count). The lowest BCUT2D eigenvalue weighted by Gasteiger charge is -2.28. The van der Waals surface area contributed by atoms with Gasteiger partial charge in [0.2, 0.25) is 0 Å². The molecule has 104 valence electrons. The lowest BCUT2D eigenvalue weighted by Crippen LogP contribution is -2.49. The number of β-amino-alcohol motifs (C(OH)–C–C–N with tert-alkyl or cyclic N) is 1. The molecule has 2 aliphatic rings. The topological polar surface area (TPSA) is 65.0 Å². The van der Waals surface area contributed by atoms with Gasteiger partial charge in [-0.05, 0) is 26.9 Å². The molecule has 0 aromatic rings. The molecule has 2 amide bonds. The van der Waals surface area contributed by atoms with Gasteiger partial charge >= 0.3 is 6.03 Å². The van der Waals surface area contributed by atoms with Crippen molar-refractivity contribution in [3.05, 3.63) is 0 Å². The van der Waals surface area contributed by atoms with E-state index in [-0.39, 0.29) is 18.1 Å².